The van der Waals surface area contributed by atoms with E-state index in [0.29, 0.717) is 32.9 Å². The van der Waals surface area contributed by atoms with Crippen molar-refractivity contribution < 1.29 is 19.0 Å². The van der Waals surface area contributed by atoms with Gasteiger partial charge in [-0.3, -0.25) is 0 Å². The Bertz CT molecular complexity index is 784. The first-order valence-corrected chi connectivity index (χ1v) is 21.9. The van der Waals surface area contributed by atoms with Gasteiger partial charge in [0.05, 0.1) is 19.8 Å². The van der Waals surface area contributed by atoms with Crippen molar-refractivity contribution in [3.8, 4) is 0 Å². The largest absolute Gasteiger partial charge is 0.449 e. The van der Waals surface area contributed by atoms with Crippen molar-refractivity contribution in [2.75, 3.05) is 66.8 Å². The van der Waals surface area contributed by atoms with Crippen LogP contribution in [-0.2, 0) is 14.2 Å². The normalized spacial score (nSPS) is 12.2. The van der Waals surface area contributed by atoms with Gasteiger partial charge in [-0.25, -0.2) is 4.79 Å². The molecule has 6 nitrogen and oxygen atoms in total. The average Bonchev–Trinajstić information content (AvgIpc) is 3.14. The standard InChI is InChI=1S/C46H86N2O4/c1-5-7-9-11-13-15-17-19-21-23-25-27-29-31-33-35-41-50-44-39-48(46(49)52-43-37-38-47(3)4)40-45-51-42-36-34-32-30-28-26-24-22-20-18-16-14-12-10-8-6-2/h13-16,19-22H,5-12,17-18,23-45H2,1-4H3. The fourth-order valence-corrected chi connectivity index (χ4v) is 5.86. The van der Waals surface area contributed by atoms with E-state index in [0.717, 1.165) is 51.9 Å². The molecular weight excluding hydrogens is 645 g/mol. The van der Waals surface area contributed by atoms with Gasteiger partial charge in [0.15, 0.2) is 0 Å². The lowest BCUT2D eigenvalue weighted by atomic mass is 10.1. The number of rotatable bonds is 40. The molecule has 0 rings (SSSR count). The highest BCUT2D eigenvalue weighted by atomic mass is 16.6. The molecule has 0 radical (unpaired) electrons. The second kappa shape index (κ2) is 43.5. The number of hydrogen-bond acceptors (Lipinski definition) is 5. The second-order valence-corrected chi connectivity index (χ2v) is 14.7. The Balaban J connectivity index is 3.93. The maximum absolute atomic E-state index is 12.8. The summed E-state index contributed by atoms with van der Waals surface area (Å²) in [4.78, 5) is 16.7. The van der Waals surface area contributed by atoms with Gasteiger partial charge in [0, 0.05) is 32.8 Å². The summed E-state index contributed by atoms with van der Waals surface area (Å²) in [5.74, 6) is 0. The first-order chi connectivity index (χ1) is 25.6. The Kier molecular flexibility index (Phi) is 41.9. The quantitative estimate of drug-likeness (QED) is 0.0464. The molecule has 0 aromatic heterocycles. The molecule has 0 saturated heterocycles. The van der Waals surface area contributed by atoms with Crippen LogP contribution in [0.3, 0.4) is 0 Å². The molecule has 1 amide bonds. The lowest BCUT2D eigenvalue weighted by molar-refractivity contribution is 0.0531. The second-order valence-electron chi connectivity index (χ2n) is 14.7. The Labute approximate surface area is 323 Å². The number of carbonyl (C=O) groups is 1. The van der Waals surface area contributed by atoms with Crippen LogP contribution in [0.4, 0.5) is 4.79 Å². The topological polar surface area (TPSA) is 51.2 Å². The van der Waals surface area contributed by atoms with Crippen molar-refractivity contribution in [1.29, 1.82) is 0 Å². The van der Waals surface area contributed by atoms with Crippen molar-refractivity contribution in [2.45, 2.75) is 174 Å². The molecule has 0 aromatic rings. The molecule has 0 heterocycles. The van der Waals surface area contributed by atoms with Crippen LogP contribution in [0.5, 0.6) is 0 Å². The number of amides is 1. The van der Waals surface area contributed by atoms with Crippen LogP contribution in [0.1, 0.15) is 174 Å². The number of carbonyl (C=O) groups excluding carboxylic acids is 1. The molecule has 0 spiro atoms. The number of hydrogen-bond donors (Lipinski definition) is 0. The van der Waals surface area contributed by atoms with Gasteiger partial charge in [-0.2, -0.15) is 0 Å². The summed E-state index contributed by atoms with van der Waals surface area (Å²) in [5.41, 5.74) is 0. The van der Waals surface area contributed by atoms with Gasteiger partial charge in [0.25, 0.3) is 0 Å². The molecule has 304 valence electrons. The predicted octanol–water partition coefficient (Wildman–Crippen LogP) is 13.0. The third-order valence-corrected chi connectivity index (χ3v) is 9.22. The summed E-state index contributed by atoms with van der Waals surface area (Å²) in [5, 5.41) is 0. The Morgan fingerprint density at radius 1 is 0.423 bits per heavy atom. The maximum Gasteiger partial charge on any atom is 0.409 e. The van der Waals surface area contributed by atoms with E-state index in [4.69, 9.17) is 14.2 Å². The van der Waals surface area contributed by atoms with E-state index in [-0.39, 0.29) is 6.09 Å². The molecule has 0 N–H and O–H groups in total. The molecule has 0 aliphatic rings. The highest BCUT2D eigenvalue weighted by Crippen LogP contribution is 2.10. The van der Waals surface area contributed by atoms with Crippen molar-refractivity contribution in [3.63, 3.8) is 0 Å². The van der Waals surface area contributed by atoms with Crippen LogP contribution in [0.25, 0.3) is 0 Å². The van der Waals surface area contributed by atoms with Crippen molar-refractivity contribution in [1.82, 2.24) is 9.80 Å². The molecule has 0 aliphatic carbocycles. The van der Waals surface area contributed by atoms with Crippen LogP contribution < -0.4 is 0 Å². The van der Waals surface area contributed by atoms with Crippen molar-refractivity contribution >= 4 is 6.09 Å². The predicted molar refractivity (Wildman–Crippen MR) is 226 cm³/mol. The Morgan fingerprint density at radius 3 is 1.21 bits per heavy atom. The SMILES string of the molecule is CCCCCC=CCC=CCCCCCCCCOCCN(CCOCCCCCCCCC=CCC=CCCCCC)C(=O)OCCCN(C)C. The van der Waals surface area contributed by atoms with Gasteiger partial charge in [0.1, 0.15) is 0 Å². The highest BCUT2D eigenvalue weighted by Gasteiger charge is 2.15. The van der Waals surface area contributed by atoms with Crippen LogP contribution >= 0.6 is 0 Å². The Hall–Kier alpha value is -1.89. The van der Waals surface area contributed by atoms with Crippen LogP contribution in [-0.4, -0.2) is 82.7 Å². The number of allylic oxidation sites excluding steroid dienone is 8. The van der Waals surface area contributed by atoms with E-state index in [1.54, 1.807) is 4.90 Å². The van der Waals surface area contributed by atoms with Crippen LogP contribution in [0.15, 0.2) is 48.6 Å². The molecular formula is C46H86N2O4. The minimum atomic E-state index is -0.256. The van der Waals surface area contributed by atoms with E-state index >= 15 is 0 Å². The zero-order chi connectivity index (χ0) is 37.8. The molecule has 0 aliphatic heterocycles. The lowest BCUT2D eigenvalue weighted by Crippen LogP contribution is -2.37. The Morgan fingerprint density at radius 2 is 0.808 bits per heavy atom. The molecule has 0 saturated carbocycles. The fourth-order valence-electron chi connectivity index (χ4n) is 5.86. The summed E-state index contributed by atoms with van der Waals surface area (Å²) in [6.07, 6.45) is 49.0. The molecule has 0 atom stereocenters. The minimum absolute atomic E-state index is 0.256. The van der Waals surface area contributed by atoms with Crippen molar-refractivity contribution in [3.05, 3.63) is 48.6 Å². The first-order valence-electron chi connectivity index (χ1n) is 21.9. The summed E-state index contributed by atoms with van der Waals surface area (Å²) in [6, 6.07) is 0. The van der Waals surface area contributed by atoms with Crippen LogP contribution in [0.2, 0.25) is 0 Å². The van der Waals surface area contributed by atoms with Gasteiger partial charge < -0.3 is 24.0 Å². The first kappa shape index (κ1) is 50.1. The molecule has 0 aromatic carbocycles. The fraction of sp³-hybridized carbons (Fsp3) is 0.804. The summed E-state index contributed by atoms with van der Waals surface area (Å²) in [7, 11) is 4.07. The van der Waals surface area contributed by atoms with Gasteiger partial charge in [-0.15, -0.1) is 0 Å². The van der Waals surface area contributed by atoms with Crippen LogP contribution in [0, 0.1) is 0 Å². The summed E-state index contributed by atoms with van der Waals surface area (Å²) >= 11 is 0. The smallest absolute Gasteiger partial charge is 0.409 e. The summed E-state index contributed by atoms with van der Waals surface area (Å²) in [6.45, 7) is 9.53. The molecule has 52 heavy (non-hydrogen) atoms. The summed E-state index contributed by atoms with van der Waals surface area (Å²) < 4.78 is 17.4. The van der Waals surface area contributed by atoms with Gasteiger partial charge in [0.2, 0.25) is 0 Å². The van der Waals surface area contributed by atoms with E-state index in [1.807, 2.05) is 14.1 Å². The monoisotopic (exact) mass is 731 g/mol. The average molecular weight is 731 g/mol. The number of unbranched alkanes of at least 4 members (excludes halogenated alkanes) is 18. The zero-order valence-electron chi connectivity index (χ0n) is 35.0. The molecule has 0 bridgehead atoms. The molecule has 6 heteroatoms. The van der Waals surface area contributed by atoms with E-state index in [1.165, 1.54) is 128 Å². The zero-order valence-corrected chi connectivity index (χ0v) is 35.0. The maximum atomic E-state index is 12.8. The van der Waals surface area contributed by atoms with E-state index < -0.39 is 0 Å². The third kappa shape index (κ3) is 40.9. The molecule has 0 fully saturated rings. The lowest BCUT2D eigenvalue weighted by Gasteiger charge is -2.22. The minimum Gasteiger partial charge on any atom is -0.449 e. The van der Waals surface area contributed by atoms with E-state index in [2.05, 4.69) is 67.4 Å². The number of ether oxygens (including phenoxy) is 3. The van der Waals surface area contributed by atoms with Gasteiger partial charge >= 0.3 is 6.09 Å². The van der Waals surface area contributed by atoms with E-state index in [9.17, 15) is 4.79 Å². The molecule has 0 unspecified atom stereocenters. The third-order valence-electron chi connectivity index (χ3n) is 9.22. The van der Waals surface area contributed by atoms with Gasteiger partial charge in [-0.05, 0) is 97.6 Å². The van der Waals surface area contributed by atoms with Gasteiger partial charge in [-0.1, -0.05) is 140 Å². The van der Waals surface area contributed by atoms with Crippen molar-refractivity contribution in [2.24, 2.45) is 0 Å². The number of nitrogens with zero attached hydrogens (tertiary/aromatic N) is 2. The highest BCUT2D eigenvalue weighted by molar-refractivity contribution is 5.67.